The minimum atomic E-state index is -0.692. The number of carboxylic acids is 1. The fraction of sp³-hybridized carbons (Fsp3) is 0.667. The van der Waals surface area contributed by atoms with Crippen molar-refractivity contribution in [2.75, 3.05) is 0 Å². The van der Waals surface area contributed by atoms with Gasteiger partial charge in [0, 0.05) is 19.3 Å². The SMILES string of the molecule is CCCC(=O)C/C=C/C/C=C/CCCCCCCC(=O)O. The van der Waals surface area contributed by atoms with Crippen molar-refractivity contribution >= 4 is 11.8 Å². The number of carbonyl (C=O) groups is 2. The van der Waals surface area contributed by atoms with E-state index < -0.39 is 5.97 Å². The van der Waals surface area contributed by atoms with Crippen LogP contribution in [0.5, 0.6) is 0 Å². The quantitative estimate of drug-likeness (QED) is 0.360. The molecular weight excluding hydrogens is 264 g/mol. The van der Waals surface area contributed by atoms with Crippen LogP contribution in [0.25, 0.3) is 0 Å². The summed E-state index contributed by atoms with van der Waals surface area (Å²) in [6, 6.07) is 0. The van der Waals surface area contributed by atoms with Crippen LogP contribution in [0.4, 0.5) is 0 Å². The number of unbranched alkanes of at least 4 members (excludes halogenated alkanes) is 5. The third-order valence-corrected chi connectivity index (χ3v) is 3.24. The standard InChI is InChI=1S/C18H30O3/c1-2-14-17(19)15-12-10-8-6-4-3-5-7-9-11-13-16-18(20)21/h4,6,10,12H,2-3,5,7-9,11,13-16H2,1H3,(H,20,21)/b6-4+,12-10+. The lowest BCUT2D eigenvalue weighted by molar-refractivity contribution is -0.137. The summed E-state index contributed by atoms with van der Waals surface area (Å²) in [5.41, 5.74) is 0. The van der Waals surface area contributed by atoms with Gasteiger partial charge in [0.2, 0.25) is 0 Å². The maximum Gasteiger partial charge on any atom is 0.303 e. The van der Waals surface area contributed by atoms with Crippen molar-refractivity contribution in [2.24, 2.45) is 0 Å². The van der Waals surface area contributed by atoms with E-state index in [0.717, 1.165) is 38.5 Å². The van der Waals surface area contributed by atoms with Crippen LogP contribution < -0.4 is 0 Å². The zero-order chi connectivity index (χ0) is 15.8. The lowest BCUT2D eigenvalue weighted by atomic mass is 10.1. The number of hydrogen-bond donors (Lipinski definition) is 1. The lowest BCUT2D eigenvalue weighted by Gasteiger charge is -1.98. The average molecular weight is 294 g/mol. The number of rotatable bonds is 14. The van der Waals surface area contributed by atoms with Crippen molar-refractivity contribution in [1.29, 1.82) is 0 Å². The van der Waals surface area contributed by atoms with Crippen molar-refractivity contribution < 1.29 is 14.7 Å². The van der Waals surface area contributed by atoms with E-state index in [2.05, 4.69) is 18.2 Å². The molecule has 0 saturated heterocycles. The van der Waals surface area contributed by atoms with Crippen LogP contribution in [-0.2, 0) is 9.59 Å². The first-order chi connectivity index (χ1) is 10.2. The Morgan fingerprint density at radius 3 is 2.24 bits per heavy atom. The van der Waals surface area contributed by atoms with E-state index >= 15 is 0 Å². The molecule has 3 nitrogen and oxygen atoms in total. The number of allylic oxidation sites excluding steroid dienone is 4. The molecule has 1 N–H and O–H groups in total. The monoisotopic (exact) mass is 294 g/mol. The van der Waals surface area contributed by atoms with Crippen LogP contribution in [0.15, 0.2) is 24.3 Å². The van der Waals surface area contributed by atoms with Gasteiger partial charge in [-0.05, 0) is 32.1 Å². The van der Waals surface area contributed by atoms with Gasteiger partial charge in [-0.25, -0.2) is 0 Å². The summed E-state index contributed by atoms with van der Waals surface area (Å²) < 4.78 is 0. The van der Waals surface area contributed by atoms with Gasteiger partial charge in [-0.3, -0.25) is 9.59 Å². The molecule has 0 amide bonds. The Morgan fingerprint density at radius 2 is 1.52 bits per heavy atom. The third kappa shape index (κ3) is 16.6. The molecule has 120 valence electrons. The van der Waals surface area contributed by atoms with Crippen molar-refractivity contribution in [2.45, 2.75) is 77.6 Å². The second-order valence-corrected chi connectivity index (χ2v) is 5.37. The Balaban J connectivity index is 3.31. The summed E-state index contributed by atoms with van der Waals surface area (Å²) in [5, 5.41) is 8.50. The summed E-state index contributed by atoms with van der Waals surface area (Å²) in [7, 11) is 0. The molecule has 0 aromatic heterocycles. The van der Waals surface area contributed by atoms with Gasteiger partial charge in [-0.1, -0.05) is 50.5 Å². The number of aliphatic carboxylic acids is 1. The fourth-order valence-corrected chi connectivity index (χ4v) is 2.05. The number of Topliss-reactive ketones (excluding diaryl/α,β-unsaturated/α-hetero) is 1. The molecule has 0 bridgehead atoms. The largest absolute Gasteiger partial charge is 0.481 e. The third-order valence-electron chi connectivity index (χ3n) is 3.24. The highest BCUT2D eigenvalue weighted by Crippen LogP contribution is 2.07. The number of carboxylic acid groups (broad SMARTS) is 1. The van der Waals surface area contributed by atoms with E-state index in [1.165, 1.54) is 12.8 Å². The van der Waals surface area contributed by atoms with Gasteiger partial charge in [0.05, 0.1) is 0 Å². The number of carbonyl (C=O) groups excluding carboxylic acids is 1. The molecule has 0 aliphatic rings. The van der Waals surface area contributed by atoms with Crippen molar-refractivity contribution in [1.82, 2.24) is 0 Å². The molecule has 0 heterocycles. The Morgan fingerprint density at radius 1 is 0.857 bits per heavy atom. The van der Waals surface area contributed by atoms with Gasteiger partial charge in [0.1, 0.15) is 5.78 Å². The van der Waals surface area contributed by atoms with E-state index in [9.17, 15) is 9.59 Å². The van der Waals surface area contributed by atoms with Gasteiger partial charge in [0.15, 0.2) is 0 Å². The van der Waals surface area contributed by atoms with E-state index in [1.54, 1.807) is 0 Å². The topological polar surface area (TPSA) is 54.4 Å². The number of hydrogen-bond acceptors (Lipinski definition) is 2. The van der Waals surface area contributed by atoms with Crippen molar-refractivity contribution in [3.05, 3.63) is 24.3 Å². The highest BCUT2D eigenvalue weighted by atomic mass is 16.4. The van der Waals surface area contributed by atoms with E-state index in [4.69, 9.17) is 5.11 Å². The van der Waals surface area contributed by atoms with Crippen LogP contribution in [-0.4, -0.2) is 16.9 Å². The molecule has 0 aromatic carbocycles. The van der Waals surface area contributed by atoms with Crippen LogP contribution in [0.3, 0.4) is 0 Å². The van der Waals surface area contributed by atoms with E-state index in [1.807, 2.05) is 13.0 Å². The first-order valence-corrected chi connectivity index (χ1v) is 8.20. The smallest absolute Gasteiger partial charge is 0.303 e. The van der Waals surface area contributed by atoms with E-state index in [-0.39, 0.29) is 0 Å². The molecule has 0 saturated carbocycles. The minimum absolute atomic E-state index is 0.299. The zero-order valence-corrected chi connectivity index (χ0v) is 13.4. The molecule has 0 rings (SSSR count). The normalized spacial score (nSPS) is 11.5. The Kier molecular flexibility index (Phi) is 14.0. The Labute approximate surface area is 129 Å². The molecule has 0 aromatic rings. The molecule has 0 unspecified atom stereocenters. The summed E-state index contributed by atoms with van der Waals surface area (Å²) in [5.74, 6) is -0.372. The predicted octanol–water partition coefficient (Wildman–Crippen LogP) is 5.06. The molecule has 21 heavy (non-hydrogen) atoms. The summed E-state index contributed by atoms with van der Waals surface area (Å²) in [6.07, 6.45) is 18.1. The Hall–Kier alpha value is -1.38. The first kappa shape index (κ1) is 19.6. The maximum atomic E-state index is 11.3. The molecule has 0 radical (unpaired) electrons. The van der Waals surface area contributed by atoms with Gasteiger partial charge < -0.3 is 5.11 Å². The molecule has 0 aliphatic carbocycles. The number of ketones is 1. The molecule has 0 atom stereocenters. The van der Waals surface area contributed by atoms with Gasteiger partial charge in [-0.15, -0.1) is 0 Å². The van der Waals surface area contributed by atoms with Crippen LogP contribution >= 0.6 is 0 Å². The first-order valence-electron chi connectivity index (χ1n) is 8.20. The molecule has 3 heteroatoms. The molecule has 0 spiro atoms. The molecule has 0 fully saturated rings. The van der Waals surface area contributed by atoms with Crippen LogP contribution in [0.1, 0.15) is 77.6 Å². The van der Waals surface area contributed by atoms with E-state index in [0.29, 0.717) is 25.0 Å². The van der Waals surface area contributed by atoms with Crippen LogP contribution in [0.2, 0.25) is 0 Å². The van der Waals surface area contributed by atoms with Crippen molar-refractivity contribution in [3.63, 3.8) is 0 Å². The Bertz CT molecular complexity index is 329. The van der Waals surface area contributed by atoms with Gasteiger partial charge in [0.25, 0.3) is 0 Å². The molecular formula is C18H30O3. The zero-order valence-electron chi connectivity index (χ0n) is 13.4. The predicted molar refractivity (Wildman–Crippen MR) is 87.4 cm³/mol. The van der Waals surface area contributed by atoms with Gasteiger partial charge in [-0.2, -0.15) is 0 Å². The minimum Gasteiger partial charge on any atom is -0.481 e. The van der Waals surface area contributed by atoms with Gasteiger partial charge >= 0.3 is 5.97 Å². The van der Waals surface area contributed by atoms with Crippen LogP contribution in [0, 0.1) is 0 Å². The lowest BCUT2D eigenvalue weighted by Crippen LogP contribution is -1.93. The highest BCUT2D eigenvalue weighted by molar-refractivity contribution is 5.79. The molecule has 0 aliphatic heterocycles. The summed E-state index contributed by atoms with van der Waals surface area (Å²) in [4.78, 5) is 21.6. The average Bonchev–Trinajstić information content (AvgIpc) is 2.44. The van der Waals surface area contributed by atoms with Crippen molar-refractivity contribution in [3.8, 4) is 0 Å². The second-order valence-electron chi connectivity index (χ2n) is 5.37. The maximum absolute atomic E-state index is 11.3. The fourth-order valence-electron chi connectivity index (χ4n) is 2.05. The highest BCUT2D eigenvalue weighted by Gasteiger charge is 1.96. The second kappa shape index (κ2) is 15.0. The summed E-state index contributed by atoms with van der Waals surface area (Å²) in [6.45, 7) is 2.02. The summed E-state index contributed by atoms with van der Waals surface area (Å²) >= 11 is 0.